The molecule has 0 bridgehead atoms. The van der Waals surface area contributed by atoms with Crippen molar-refractivity contribution in [2.24, 2.45) is 12.8 Å². The smallest absolute Gasteiger partial charge is 0.353 e. The number of ether oxygens (including phenoxy) is 1. The number of hydrogen-bond acceptors (Lipinski definition) is 5. The van der Waals surface area contributed by atoms with Crippen LogP contribution in [0.1, 0.15) is 51.1 Å². The molecule has 112 valence electrons. The minimum atomic E-state index is -0.397. The maximum absolute atomic E-state index is 11.3. The lowest BCUT2D eigenvalue weighted by Crippen LogP contribution is -2.32. The molecule has 0 amide bonds. The van der Waals surface area contributed by atoms with Crippen molar-refractivity contribution in [3.05, 3.63) is 15.8 Å². The van der Waals surface area contributed by atoms with Crippen LogP contribution in [-0.4, -0.2) is 26.8 Å². The topological polar surface area (TPSA) is 96.2 Å². The van der Waals surface area contributed by atoms with E-state index in [2.05, 4.69) is 5.10 Å². The predicted octanol–water partition coefficient (Wildman–Crippen LogP) is 2.10. The van der Waals surface area contributed by atoms with E-state index < -0.39 is 4.92 Å². The van der Waals surface area contributed by atoms with Crippen LogP contribution in [0.25, 0.3) is 0 Å². The van der Waals surface area contributed by atoms with Crippen LogP contribution < -0.4 is 10.5 Å². The molecule has 1 aliphatic carbocycles. The molecule has 0 atom stereocenters. The first-order chi connectivity index (χ1) is 9.40. The fourth-order valence-corrected chi connectivity index (χ4v) is 2.57. The van der Waals surface area contributed by atoms with Crippen LogP contribution >= 0.6 is 0 Å². The Kier molecular flexibility index (Phi) is 4.27. The highest BCUT2D eigenvalue weighted by atomic mass is 16.6. The molecule has 7 heteroatoms. The minimum absolute atomic E-state index is 0.00243. The summed E-state index contributed by atoms with van der Waals surface area (Å²) in [5, 5.41) is 15.5. The highest BCUT2D eigenvalue weighted by Crippen LogP contribution is 2.36. The minimum Gasteiger partial charge on any atom is -0.470 e. The van der Waals surface area contributed by atoms with Crippen LogP contribution in [0.3, 0.4) is 0 Å². The molecule has 0 saturated heterocycles. The van der Waals surface area contributed by atoms with Gasteiger partial charge in [-0.05, 0) is 25.7 Å². The number of nitrogens with zero attached hydrogens (tertiary/aromatic N) is 3. The van der Waals surface area contributed by atoms with Gasteiger partial charge in [0, 0.05) is 19.0 Å². The Hall–Kier alpha value is -1.63. The summed E-state index contributed by atoms with van der Waals surface area (Å²) in [5.74, 6) is 0.248. The van der Waals surface area contributed by atoms with E-state index in [-0.39, 0.29) is 29.6 Å². The standard InChI is InChI=1S/C13H22N4O3/c1-8(2)11-12(17(18)19)13(16(3)15-11)20-10-6-4-9(14)5-7-10/h8-10H,4-7,14H2,1-3H3. The van der Waals surface area contributed by atoms with E-state index in [9.17, 15) is 10.1 Å². The molecule has 7 nitrogen and oxygen atoms in total. The summed E-state index contributed by atoms with van der Waals surface area (Å²) in [6.07, 6.45) is 3.45. The SMILES string of the molecule is CC(C)c1nn(C)c(OC2CCC(N)CC2)c1[N+](=O)[O-]. The average molecular weight is 282 g/mol. The van der Waals surface area contributed by atoms with Crippen molar-refractivity contribution in [3.63, 3.8) is 0 Å². The van der Waals surface area contributed by atoms with Crippen LogP contribution in [-0.2, 0) is 7.05 Å². The maximum Gasteiger partial charge on any atom is 0.353 e. The van der Waals surface area contributed by atoms with Crippen LogP contribution in [0.4, 0.5) is 5.69 Å². The molecule has 1 heterocycles. The monoisotopic (exact) mass is 282 g/mol. The van der Waals surface area contributed by atoms with Crippen molar-refractivity contribution < 1.29 is 9.66 Å². The number of rotatable bonds is 4. The fourth-order valence-electron chi connectivity index (χ4n) is 2.57. The van der Waals surface area contributed by atoms with E-state index in [1.165, 1.54) is 4.68 Å². The van der Waals surface area contributed by atoms with Crippen molar-refractivity contribution >= 4 is 5.69 Å². The summed E-state index contributed by atoms with van der Waals surface area (Å²) in [6.45, 7) is 3.78. The molecular weight excluding hydrogens is 260 g/mol. The van der Waals surface area contributed by atoms with E-state index >= 15 is 0 Å². The van der Waals surface area contributed by atoms with Crippen molar-refractivity contribution in [3.8, 4) is 5.88 Å². The quantitative estimate of drug-likeness (QED) is 0.673. The zero-order valence-corrected chi connectivity index (χ0v) is 12.2. The second-order valence-corrected chi connectivity index (χ2v) is 5.73. The third kappa shape index (κ3) is 2.92. The van der Waals surface area contributed by atoms with Crippen LogP contribution in [0.15, 0.2) is 0 Å². The van der Waals surface area contributed by atoms with E-state index in [0.717, 1.165) is 25.7 Å². The average Bonchev–Trinajstić information content (AvgIpc) is 2.70. The lowest BCUT2D eigenvalue weighted by molar-refractivity contribution is -0.387. The van der Waals surface area contributed by atoms with Gasteiger partial charge in [0.25, 0.3) is 5.88 Å². The van der Waals surface area contributed by atoms with Crippen molar-refractivity contribution in [1.82, 2.24) is 9.78 Å². The summed E-state index contributed by atoms with van der Waals surface area (Å²) in [7, 11) is 1.68. The van der Waals surface area contributed by atoms with Crippen LogP contribution in [0.2, 0.25) is 0 Å². The largest absolute Gasteiger partial charge is 0.470 e. The van der Waals surface area contributed by atoms with Crippen molar-refractivity contribution in [2.75, 3.05) is 0 Å². The highest BCUT2D eigenvalue weighted by Gasteiger charge is 2.32. The molecule has 0 radical (unpaired) electrons. The van der Waals surface area contributed by atoms with Crippen LogP contribution in [0.5, 0.6) is 5.88 Å². The van der Waals surface area contributed by atoms with E-state index in [1.54, 1.807) is 7.05 Å². The first-order valence-corrected chi connectivity index (χ1v) is 7.03. The van der Waals surface area contributed by atoms with Gasteiger partial charge < -0.3 is 10.5 Å². The van der Waals surface area contributed by atoms with E-state index in [4.69, 9.17) is 10.5 Å². The van der Waals surface area contributed by atoms with E-state index in [0.29, 0.717) is 5.69 Å². The molecule has 0 aliphatic heterocycles. The molecule has 1 fully saturated rings. The summed E-state index contributed by atoms with van der Waals surface area (Å²) in [6, 6.07) is 0.225. The Bertz CT molecular complexity index is 490. The van der Waals surface area contributed by atoms with E-state index in [1.807, 2.05) is 13.8 Å². The molecule has 1 aliphatic rings. The molecule has 2 N–H and O–H groups in total. The first kappa shape index (κ1) is 14.8. The molecule has 0 aromatic carbocycles. The summed E-state index contributed by atoms with van der Waals surface area (Å²) in [4.78, 5) is 10.9. The second kappa shape index (κ2) is 5.78. The zero-order valence-electron chi connectivity index (χ0n) is 12.2. The fraction of sp³-hybridized carbons (Fsp3) is 0.769. The Morgan fingerprint density at radius 2 is 2.00 bits per heavy atom. The van der Waals surface area contributed by atoms with Crippen molar-refractivity contribution in [1.29, 1.82) is 0 Å². The van der Waals surface area contributed by atoms with Gasteiger partial charge in [-0.1, -0.05) is 13.8 Å². The molecule has 20 heavy (non-hydrogen) atoms. The highest BCUT2D eigenvalue weighted by molar-refractivity contribution is 5.47. The van der Waals surface area contributed by atoms with Gasteiger partial charge in [-0.3, -0.25) is 10.1 Å². The van der Waals surface area contributed by atoms with Gasteiger partial charge in [-0.15, -0.1) is 0 Å². The molecule has 0 spiro atoms. The normalized spacial score (nSPS) is 23.1. The number of nitrogens with two attached hydrogens (primary N) is 1. The Balaban J connectivity index is 2.24. The Morgan fingerprint density at radius 1 is 1.40 bits per heavy atom. The Morgan fingerprint density at radius 3 is 2.50 bits per heavy atom. The number of aromatic nitrogens is 2. The Labute approximate surface area is 118 Å². The molecule has 1 saturated carbocycles. The van der Waals surface area contributed by atoms with Gasteiger partial charge in [0.15, 0.2) is 0 Å². The second-order valence-electron chi connectivity index (χ2n) is 5.73. The molecule has 0 unspecified atom stereocenters. The molecular formula is C13H22N4O3. The van der Waals surface area contributed by atoms with Gasteiger partial charge in [-0.2, -0.15) is 5.10 Å². The number of aryl methyl sites for hydroxylation is 1. The third-order valence-electron chi connectivity index (χ3n) is 3.72. The van der Waals surface area contributed by atoms with Gasteiger partial charge in [0.2, 0.25) is 0 Å². The summed E-state index contributed by atoms with van der Waals surface area (Å²) >= 11 is 0. The van der Waals surface area contributed by atoms with Gasteiger partial charge in [0.05, 0.1) is 4.92 Å². The van der Waals surface area contributed by atoms with Gasteiger partial charge in [-0.25, -0.2) is 4.68 Å². The zero-order chi connectivity index (χ0) is 14.9. The van der Waals surface area contributed by atoms with Gasteiger partial charge >= 0.3 is 5.69 Å². The molecule has 2 rings (SSSR count). The number of hydrogen-bond donors (Lipinski definition) is 1. The lowest BCUT2D eigenvalue weighted by Gasteiger charge is -2.26. The molecule has 1 aromatic rings. The maximum atomic E-state index is 11.3. The number of nitro groups is 1. The van der Waals surface area contributed by atoms with Gasteiger partial charge in [0.1, 0.15) is 11.8 Å². The summed E-state index contributed by atoms with van der Waals surface area (Å²) < 4.78 is 7.34. The molecule has 1 aromatic heterocycles. The first-order valence-electron chi connectivity index (χ1n) is 7.03. The van der Waals surface area contributed by atoms with Crippen molar-refractivity contribution in [2.45, 2.75) is 57.6 Å². The predicted molar refractivity (Wildman–Crippen MR) is 74.8 cm³/mol. The summed E-state index contributed by atoms with van der Waals surface area (Å²) in [5.41, 5.74) is 6.33. The van der Waals surface area contributed by atoms with Crippen LogP contribution in [0, 0.1) is 10.1 Å². The third-order valence-corrected chi connectivity index (χ3v) is 3.72. The lowest BCUT2D eigenvalue weighted by atomic mass is 9.94.